The van der Waals surface area contributed by atoms with Crippen LogP contribution < -0.4 is 36.6 Å². The standard InChI is InChI=1S/C48H36OP2/c1-7-21-37(22-8-1)47-43(33-19-35-45(47)50(39-25-11-3-12-26-39)40-27-13-4-14-28-40)49-44-34-20-36-46(48(44)38-23-9-2-10-24-38)51(41-29-15-5-16-30-41)42-31-17-6-18-32-42/h1-36H. The molecule has 0 aromatic heterocycles. The predicted molar refractivity (Wildman–Crippen MR) is 221 cm³/mol. The Kier molecular flexibility index (Phi) is 9.94. The molecule has 8 rings (SSSR count). The van der Waals surface area contributed by atoms with Crippen molar-refractivity contribution in [2.45, 2.75) is 0 Å². The summed E-state index contributed by atoms with van der Waals surface area (Å²) in [7, 11) is -1.77. The highest BCUT2D eigenvalue weighted by atomic mass is 31.1. The third-order valence-corrected chi connectivity index (χ3v) is 13.9. The van der Waals surface area contributed by atoms with Gasteiger partial charge in [-0.2, -0.15) is 0 Å². The summed E-state index contributed by atoms with van der Waals surface area (Å²) in [4.78, 5) is 0. The maximum atomic E-state index is 7.30. The summed E-state index contributed by atoms with van der Waals surface area (Å²) in [6.07, 6.45) is 0. The first-order valence-corrected chi connectivity index (χ1v) is 19.9. The lowest BCUT2D eigenvalue weighted by Crippen LogP contribution is -2.23. The highest BCUT2D eigenvalue weighted by Gasteiger charge is 2.26. The molecule has 0 aliphatic carbocycles. The Hall–Kier alpha value is -5.58. The van der Waals surface area contributed by atoms with E-state index in [-0.39, 0.29) is 0 Å². The van der Waals surface area contributed by atoms with E-state index in [1.165, 1.54) is 31.8 Å². The molecule has 1 nitrogen and oxygen atoms in total. The minimum Gasteiger partial charge on any atom is -0.456 e. The maximum Gasteiger partial charge on any atom is 0.135 e. The molecule has 0 amide bonds. The van der Waals surface area contributed by atoms with Crippen LogP contribution in [0.4, 0.5) is 0 Å². The molecule has 0 saturated carbocycles. The molecular formula is C48H36OP2. The molecule has 3 heteroatoms. The molecular weight excluding hydrogens is 654 g/mol. The summed E-state index contributed by atoms with van der Waals surface area (Å²) in [6, 6.07) is 78.2. The van der Waals surface area contributed by atoms with Crippen LogP contribution in [-0.2, 0) is 0 Å². The van der Waals surface area contributed by atoms with Crippen LogP contribution >= 0.6 is 15.8 Å². The molecule has 244 valence electrons. The molecule has 8 aromatic rings. The van der Waals surface area contributed by atoms with Gasteiger partial charge in [-0.1, -0.05) is 206 Å². The quantitative estimate of drug-likeness (QED) is 0.130. The molecule has 0 bridgehead atoms. The van der Waals surface area contributed by atoms with E-state index >= 15 is 0 Å². The Bertz CT molecular complexity index is 2070. The van der Waals surface area contributed by atoms with Crippen molar-refractivity contribution in [3.63, 3.8) is 0 Å². The Morgan fingerprint density at radius 2 is 0.529 bits per heavy atom. The number of benzene rings is 8. The summed E-state index contributed by atoms with van der Waals surface area (Å²) < 4.78 is 7.30. The lowest BCUT2D eigenvalue weighted by molar-refractivity contribution is 0.487. The molecule has 0 atom stereocenters. The number of hydrogen-bond donors (Lipinski definition) is 0. The Labute approximate surface area is 303 Å². The van der Waals surface area contributed by atoms with Gasteiger partial charge in [-0.3, -0.25) is 0 Å². The van der Waals surface area contributed by atoms with Crippen LogP contribution in [0.3, 0.4) is 0 Å². The van der Waals surface area contributed by atoms with Gasteiger partial charge in [0.1, 0.15) is 11.5 Å². The Balaban J connectivity index is 1.35. The van der Waals surface area contributed by atoms with Gasteiger partial charge in [-0.25, -0.2) is 0 Å². The topological polar surface area (TPSA) is 9.23 Å². The first-order valence-electron chi connectivity index (χ1n) is 17.2. The van der Waals surface area contributed by atoms with Crippen LogP contribution in [0.25, 0.3) is 22.3 Å². The molecule has 0 aliphatic rings. The largest absolute Gasteiger partial charge is 0.456 e. The van der Waals surface area contributed by atoms with Crippen LogP contribution in [0.1, 0.15) is 0 Å². The van der Waals surface area contributed by atoms with Crippen molar-refractivity contribution in [2.24, 2.45) is 0 Å². The average Bonchev–Trinajstić information content (AvgIpc) is 3.21. The van der Waals surface area contributed by atoms with Crippen molar-refractivity contribution >= 4 is 47.7 Å². The van der Waals surface area contributed by atoms with Crippen LogP contribution in [0.2, 0.25) is 0 Å². The van der Waals surface area contributed by atoms with Gasteiger partial charge >= 0.3 is 0 Å². The first kappa shape index (κ1) is 32.6. The van der Waals surface area contributed by atoms with Crippen molar-refractivity contribution in [2.75, 3.05) is 0 Å². The fourth-order valence-corrected chi connectivity index (χ4v) is 11.6. The number of rotatable bonds is 10. The smallest absolute Gasteiger partial charge is 0.135 e. The van der Waals surface area contributed by atoms with E-state index in [4.69, 9.17) is 4.74 Å². The summed E-state index contributed by atoms with van der Waals surface area (Å²) in [5.74, 6) is 1.69. The molecule has 0 fully saturated rings. The maximum absolute atomic E-state index is 7.30. The van der Waals surface area contributed by atoms with Gasteiger partial charge in [-0.15, -0.1) is 0 Å². The van der Waals surface area contributed by atoms with Crippen LogP contribution in [0.15, 0.2) is 218 Å². The molecule has 0 unspecified atom stereocenters. The second-order valence-corrected chi connectivity index (χ2v) is 16.5. The molecule has 0 N–H and O–H groups in total. The van der Waals surface area contributed by atoms with Crippen molar-refractivity contribution in [3.8, 4) is 33.8 Å². The van der Waals surface area contributed by atoms with Gasteiger partial charge < -0.3 is 4.74 Å². The molecule has 8 aromatic carbocycles. The molecule has 51 heavy (non-hydrogen) atoms. The summed E-state index contributed by atoms with van der Waals surface area (Å²) in [5, 5.41) is 7.74. The van der Waals surface area contributed by atoms with E-state index in [9.17, 15) is 0 Å². The Morgan fingerprint density at radius 1 is 0.255 bits per heavy atom. The fraction of sp³-hybridized carbons (Fsp3) is 0. The minimum absolute atomic E-state index is 0.844. The summed E-state index contributed by atoms with van der Waals surface area (Å²) in [5.41, 5.74) is 4.51. The van der Waals surface area contributed by atoms with Crippen LogP contribution in [0.5, 0.6) is 11.5 Å². The zero-order valence-electron chi connectivity index (χ0n) is 28.1. The van der Waals surface area contributed by atoms with E-state index in [1.54, 1.807) is 0 Å². The molecule has 0 heterocycles. The SMILES string of the molecule is c1ccc(-c2c(Oc3cccc(P(c4ccccc4)c4ccccc4)c3-c3ccccc3)cccc2P(c2ccccc2)c2ccccc2)cc1. The van der Waals surface area contributed by atoms with Gasteiger partial charge in [0.15, 0.2) is 0 Å². The normalized spacial score (nSPS) is 11.1. The summed E-state index contributed by atoms with van der Waals surface area (Å²) in [6.45, 7) is 0. The molecule has 0 aliphatic heterocycles. The van der Waals surface area contributed by atoms with Crippen LogP contribution in [0, 0.1) is 0 Å². The molecule has 0 radical (unpaired) electrons. The van der Waals surface area contributed by atoms with E-state index in [2.05, 4.69) is 218 Å². The monoisotopic (exact) mass is 690 g/mol. The van der Waals surface area contributed by atoms with Crippen molar-refractivity contribution in [1.29, 1.82) is 0 Å². The van der Waals surface area contributed by atoms with Crippen molar-refractivity contribution in [1.82, 2.24) is 0 Å². The van der Waals surface area contributed by atoms with Gasteiger partial charge in [-0.05, 0) is 70.9 Å². The van der Waals surface area contributed by atoms with E-state index in [0.717, 1.165) is 33.8 Å². The van der Waals surface area contributed by atoms with Gasteiger partial charge in [0.05, 0.1) is 0 Å². The van der Waals surface area contributed by atoms with Crippen molar-refractivity contribution in [3.05, 3.63) is 218 Å². The second kappa shape index (κ2) is 15.5. The molecule has 0 spiro atoms. The predicted octanol–water partition coefficient (Wildman–Crippen LogP) is 10.3. The lowest BCUT2D eigenvalue weighted by Gasteiger charge is -2.26. The zero-order chi connectivity index (χ0) is 34.2. The van der Waals surface area contributed by atoms with Crippen LogP contribution in [-0.4, -0.2) is 0 Å². The van der Waals surface area contributed by atoms with Gasteiger partial charge in [0, 0.05) is 11.1 Å². The van der Waals surface area contributed by atoms with E-state index < -0.39 is 15.8 Å². The van der Waals surface area contributed by atoms with Gasteiger partial charge in [0.25, 0.3) is 0 Å². The van der Waals surface area contributed by atoms with Gasteiger partial charge in [0.2, 0.25) is 0 Å². The Morgan fingerprint density at radius 3 is 0.824 bits per heavy atom. The van der Waals surface area contributed by atoms with E-state index in [0.29, 0.717) is 0 Å². The minimum atomic E-state index is -0.887. The fourth-order valence-electron chi connectivity index (χ4n) is 6.65. The lowest BCUT2D eigenvalue weighted by atomic mass is 10.0. The zero-order valence-corrected chi connectivity index (χ0v) is 29.9. The highest BCUT2D eigenvalue weighted by Crippen LogP contribution is 2.45. The molecule has 0 saturated heterocycles. The highest BCUT2D eigenvalue weighted by molar-refractivity contribution is 7.80. The second-order valence-electron chi connectivity index (χ2n) is 12.1. The van der Waals surface area contributed by atoms with Crippen molar-refractivity contribution < 1.29 is 4.74 Å². The average molecular weight is 691 g/mol. The first-order chi connectivity index (χ1) is 25.3. The van der Waals surface area contributed by atoms with E-state index in [1.807, 2.05) is 0 Å². The summed E-state index contributed by atoms with van der Waals surface area (Å²) >= 11 is 0. The third kappa shape index (κ3) is 7.06. The third-order valence-electron chi connectivity index (χ3n) is 8.89. The number of hydrogen-bond acceptors (Lipinski definition) is 1. The number of ether oxygens (including phenoxy) is 1.